The maximum Gasteiger partial charge on any atom is 0.276 e. The highest BCUT2D eigenvalue weighted by atomic mass is 16.2. The van der Waals surface area contributed by atoms with Gasteiger partial charge in [0.05, 0.1) is 11.9 Å². The molecule has 0 bridgehead atoms. The van der Waals surface area contributed by atoms with Crippen LogP contribution in [0.1, 0.15) is 28.0 Å². The molecule has 5 heteroatoms. The molecule has 130 valence electrons. The molecule has 26 heavy (non-hydrogen) atoms. The second-order valence-electron chi connectivity index (χ2n) is 6.34. The molecule has 0 saturated carbocycles. The van der Waals surface area contributed by atoms with Crippen LogP contribution in [-0.4, -0.2) is 22.4 Å². The number of hydrogen-bond donors (Lipinski definition) is 1. The van der Waals surface area contributed by atoms with Crippen molar-refractivity contribution in [2.24, 2.45) is 0 Å². The highest BCUT2D eigenvalue weighted by molar-refractivity contribution is 6.05. The first-order chi connectivity index (χ1) is 12.8. The van der Waals surface area contributed by atoms with Crippen molar-refractivity contribution in [3.05, 3.63) is 83.9 Å². The lowest BCUT2D eigenvalue weighted by Gasteiger charge is -2.29. The SMILES string of the molecule is O=C(c1ccc(NCc2cccnc2)cn1)N1CCCc2ccccc21. The van der Waals surface area contributed by atoms with Crippen LogP contribution in [0.3, 0.4) is 0 Å². The minimum Gasteiger partial charge on any atom is -0.380 e. The van der Waals surface area contributed by atoms with Crippen LogP contribution in [-0.2, 0) is 13.0 Å². The molecule has 0 unspecified atom stereocenters. The summed E-state index contributed by atoms with van der Waals surface area (Å²) >= 11 is 0. The summed E-state index contributed by atoms with van der Waals surface area (Å²) in [5.74, 6) is -0.0454. The summed E-state index contributed by atoms with van der Waals surface area (Å²) in [6.07, 6.45) is 7.29. The number of carbonyl (C=O) groups is 1. The van der Waals surface area contributed by atoms with Gasteiger partial charge in [-0.25, -0.2) is 4.98 Å². The van der Waals surface area contributed by atoms with Crippen molar-refractivity contribution in [3.8, 4) is 0 Å². The highest BCUT2D eigenvalue weighted by Crippen LogP contribution is 2.27. The van der Waals surface area contributed by atoms with E-state index >= 15 is 0 Å². The van der Waals surface area contributed by atoms with Crippen LogP contribution in [0.15, 0.2) is 67.1 Å². The monoisotopic (exact) mass is 344 g/mol. The first-order valence-corrected chi connectivity index (χ1v) is 8.80. The van der Waals surface area contributed by atoms with E-state index in [0.29, 0.717) is 12.2 Å². The van der Waals surface area contributed by atoms with Crippen LogP contribution in [0.4, 0.5) is 11.4 Å². The molecular weight excluding hydrogens is 324 g/mol. The molecule has 1 amide bonds. The number of nitrogens with zero attached hydrogens (tertiary/aromatic N) is 3. The molecule has 0 atom stereocenters. The number of rotatable bonds is 4. The third-order valence-corrected chi connectivity index (χ3v) is 4.56. The summed E-state index contributed by atoms with van der Waals surface area (Å²) in [7, 11) is 0. The van der Waals surface area contributed by atoms with E-state index in [2.05, 4.69) is 21.4 Å². The minimum absolute atomic E-state index is 0.0454. The molecule has 0 fully saturated rings. The van der Waals surface area contributed by atoms with Crippen molar-refractivity contribution in [3.63, 3.8) is 0 Å². The molecule has 0 radical (unpaired) electrons. The standard InChI is InChI=1S/C21H20N4O/c26-21(25-12-4-7-17-6-1-2-8-20(17)25)19-10-9-18(15-24-19)23-14-16-5-3-11-22-13-16/h1-3,5-6,8-11,13,15,23H,4,7,12,14H2. The summed E-state index contributed by atoms with van der Waals surface area (Å²) in [6.45, 7) is 1.40. The lowest BCUT2D eigenvalue weighted by Crippen LogP contribution is -2.35. The van der Waals surface area contributed by atoms with E-state index < -0.39 is 0 Å². The van der Waals surface area contributed by atoms with Gasteiger partial charge in [0, 0.05) is 31.2 Å². The van der Waals surface area contributed by atoms with Crippen LogP contribution >= 0.6 is 0 Å². The molecule has 5 nitrogen and oxygen atoms in total. The molecule has 3 heterocycles. The smallest absolute Gasteiger partial charge is 0.276 e. The molecule has 1 aromatic carbocycles. The molecule has 2 aromatic heterocycles. The lowest BCUT2D eigenvalue weighted by atomic mass is 10.0. The third kappa shape index (κ3) is 3.42. The van der Waals surface area contributed by atoms with Gasteiger partial charge in [-0.05, 0) is 48.2 Å². The van der Waals surface area contributed by atoms with Crippen molar-refractivity contribution >= 4 is 17.3 Å². The predicted molar refractivity (Wildman–Crippen MR) is 102 cm³/mol. The number of amides is 1. The molecule has 1 N–H and O–H groups in total. The first kappa shape index (κ1) is 16.3. The zero-order valence-corrected chi connectivity index (χ0v) is 14.4. The molecule has 4 rings (SSSR count). The number of aromatic nitrogens is 2. The largest absolute Gasteiger partial charge is 0.380 e. The number of fused-ring (bicyclic) bond motifs is 1. The van der Waals surface area contributed by atoms with E-state index in [1.54, 1.807) is 18.5 Å². The summed E-state index contributed by atoms with van der Waals surface area (Å²) < 4.78 is 0. The highest BCUT2D eigenvalue weighted by Gasteiger charge is 2.23. The zero-order valence-electron chi connectivity index (χ0n) is 14.4. The van der Waals surface area contributed by atoms with Crippen molar-refractivity contribution in [2.75, 3.05) is 16.8 Å². The zero-order chi connectivity index (χ0) is 17.8. The Morgan fingerprint density at radius 1 is 1.08 bits per heavy atom. The van der Waals surface area contributed by atoms with Crippen LogP contribution in [0, 0.1) is 0 Å². The van der Waals surface area contributed by atoms with Crippen molar-refractivity contribution in [1.29, 1.82) is 0 Å². The van der Waals surface area contributed by atoms with E-state index in [1.807, 2.05) is 47.5 Å². The number of pyridine rings is 2. The molecule has 0 saturated heterocycles. The van der Waals surface area contributed by atoms with Crippen LogP contribution < -0.4 is 10.2 Å². The van der Waals surface area contributed by atoms with Gasteiger partial charge in [-0.1, -0.05) is 24.3 Å². The van der Waals surface area contributed by atoms with E-state index in [9.17, 15) is 4.79 Å². The Kier molecular flexibility index (Phi) is 4.60. The average Bonchev–Trinajstić information content (AvgIpc) is 2.72. The number of anilines is 2. The van der Waals surface area contributed by atoms with Gasteiger partial charge in [-0.15, -0.1) is 0 Å². The van der Waals surface area contributed by atoms with E-state index in [4.69, 9.17) is 0 Å². The summed E-state index contributed by atoms with van der Waals surface area (Å²) in [4.78, 5) is 23.2. The average molecular weight is 344 g/mol. The third-order valence-electron chi connectivity index (χ3n) is 4.56. The minimum atomic E-state index is -0.0454. The number of benzene rings is 1. The van der Waals surface area contributed by atoms with Crippen molar-refractivity contribution in [2.45, 2.75) is 19.4 Å². The van der Waals surface area contributed by atoms with E-state index in [-0.39, 0.29) is 5.91 Å². The van der Waals surface area contributed by atoms with Crippen LogP contribution in [0.5, 0.6) is 0 Å². The Morgan fingerprint density at radius 3 is 2.81 bits per heavy atom. The number of carbonyl (C=O) groups excluding carboxylic acids is 1. The van der Waals surface area contributed by atoms with Gasteiger partial charge in [0.15, 0.2) is 0 Å². The topological polar surface area (TPSA) is 58.1 Å². The van der Waals surface area contributed by atoms with Gasteiger partial charge in [0.2, 0.25) is 0 Å². The van der Waals surface area contributed by atoms with Gasteiger partial charge in [-0.3, -0.25) is 9.78 Å². The first-order valence-electron chi connectivity index (χ1n) is 8.80. The number of para-hydroxylation sites is 1. The molecule has 3 aromatic rings. The molecule has 1 aliphatic rings. The fourth-order valence-corrected chi connectivity index (χ4v) is 3.21. The van der Waals surface area contributed by atoms with Gasteiger partial charge in [0.1, 0.15) is 5.69 Å². The number of nitrogens with one attached hydrogen (secondary N) is 1. The van der Waals surface area contributed by atoms with Gasteiger partial charge in [0.25, 0.3) is 5.91 Å². The lowest BCUT2D eigenvalue weighted by molar-refractivity contribution is 0.0980. The fourth-order valence-electron chi connectivity index (χ4n) is 3.21. The summed E-state index contributed by atoms with van der Waals surface area (Å²) in [5.41, 5.74) is 4.67. The van der Waals surface area contributed by atoms with Crippen molar-refractivity contribution < 1.29 is 4.79 Å². The summed E-state index contributed by atoms with van der Waals surface area (Å²) in [5, 5.41) is 3.29. The number of aryl methyl sites for hydroxylation is 1. The normalized spacial score (nSPS) is 13.2. The maximum absolute atomic E-state index is 12.9. The van der Waals surface area contributed by atoms with E-state index in [0.717, 1.165) is 36.3 Å². The predicted octanol–water partition coefficient (Wildman–Crippen LogP) is 3.68. The Hall–Kier alpha value is -3.21. The Labute approximate surface area is 152 Å². The Balaban J connectivity index is 1.46. The summed E-state index contributed by atoms with van der Waals surface area (Å²) in [6, 6.07) is 15.7. The maximum atomic E-state index is 12.9. The van der Waals surface area contributed by atoms with Crippen LogP contribution in [0.2, 0.25) is 0 Å². The Morgan fingerprint density at radius 2 is 2.00 bits per heavy atom. The number of hydrogen-bond acceptors (Lipinski definition) is 4. The molecular formula is C21H20N4O. The van der Waals surface area contributed by atoms with E-state index in [1.165, 1.54) is 5.56 Å². The van der Waals surface area contributed by atoms with Crippen LogP contribution in [0.25, 0.3) is 0 Å². The second kappa shape index (κ2) is 7.35. The van der Waals surface area contributed by atoms with Crippen molar-refractivity contribution in [1.82, 2.24) is 9.97 Å². The molecule has 1 aliphatic heterocycles. The van der Waals surface area contributed by atoms with Gasteiger partial charge in [-0.2, -0.15) is 0 Å². The quantitative estimate of drug-likeness (QED) is 0.784. The fraction of sp³-hybridized carbons (Fsp3) is 0.190. The molecule has 0 spiro atoms. The second-order valence-corrected chi connectivity index (χ2v) is 6.34. The Bertz CT molecular complexity index is 893. The van der Waals surface area contributed by atoms with Gasteiger partial charge >= 0.3 is 0 Å². The molecule has 0 aliphatic carbocycles. The van der Waals surface area contributed by atoms with Gasteiger partial charge < -0.3 is 10.2 Å².